The van der Waals surface area contributed by atoms with Gasteiger partial charge in [-0.15, -0.1) is 0 Å². The molecule has 3 nitrogen and oxygen atoms in total. The molecule has 16 heavy (non-hydrogen) atoms. The van der Waals surface area contributed by atoms with E-state index in [9.17, 15) is 0 Å². The van der Waals surface area contributed by atoms with Crippen LogP contribution in [0.15, 0.2) is 22.8 Å². The highest BCUT2D eigenvalue weighted by Gasteiger charge is 2.21. The van der Waals surface area contributed by atoms with E-state index in [2.05, 4.69) is 31.9 Å². The molecule has 0 bridgehead atoms. The molecule has 1 fully saturated rings. The Kier molecular flexibility index (Phi) is 3.92. The predicted octanol–water partition coefficient (Wildman–Crippen LogP) is 2.72. The van der Waals surface area contributed by atoms with E-state index in [1.165, 1.54) is 12.8 Å². The van der Waals surface area contributed by atoms with Gasteiger partial charge in [0.1, 0.15) is 0 Å². The van der Waals surface area contributed by atoms with Gasteiger partial charge in [0.15, 0.2) is 0 Å². The minimum atomic E-state index is 0.0687. The molecule has 0 aliphatic carbocycles. The summed E-state index contributed by atoms with van der Waals surface area (Å²) in [4.78, 5) is 6.57. The van der Waals surface area contributed by atoms with Crippen molar-refractivity contribution in [2.45, 2.75) is 31.8 Å². The van der Waals surface area contributed by atoms with Gasteiger partial charge >= 0.3 is 0 Å². The van der Waals surface area contributed by atoms with Crippen LogP contribution >= 0.6 is 15.9 Å². The van der Waals surface area contributed by atoms with Crippen molar-refractivity contribution >= 4 is 15.9 Å². The maximum absolute atomic E-state index is 9.06. The lowest BCUT2D eigenvalue weighted by molar-refractivity contribution is 0.174. The number of hydrogen-bond acceptors (Lipinski definition) is 3. The van der Waals surface area contributed by atoms with Crippen LogP contribution in [0.3, 0.4) is 0 Å². The van der Waals surface area contributed by atoms with Gasteiger partial charge in [-0.05, 0) is 53.9 Å². The summed E-state index contributed by atoms with van der Waals surface area (Å²) in [6.07, 6.45) is 5.16. The third-order valence-electron chi connectivity index (χ3n) is 2.92. The average molecular weight is 280 g/mol. The molecule has 1 aliphatic heterocycles. The average Bonchev–Trinajstić information content (AvgIpc) is 2.33. The number of hydrogen-bond donors (Lipinski definition) is 0. The summed E-state index contributed by atoms with van der Waals surface area (Å²) in [5.74, 6) is 0. The van der Waals surface area contributed by atoms with E-state index >= 15 is 0 Å². The van der Waals surface area contributed by atoms with Crippen molar-refractivity contribution < 1.29 is 0 Å². The van der Waals surface area contributed by atoms with Crippen LogP contribution in [0, 0.1) is 11.3 Å². The second-order valence-corrected chi connectivity index (χ2v) is 4.99. The van der Waals surface area contributed by atoms with Crippen molar-refractivity contribution in [2.75, 3.05) is 6.54 Å². The van der Waals surface area contributed by atoms with Crippen molar-refractivity contribution in [1.82, 2.24) is 9.88 Å². The number of pyridine rings is 1. The Bertz CT molecular complexity index is 382. The van der Waals surface area contributed by atoms with E-state index < -0.39 is 0 Å². The van der Waals surface area contributed by atoms with E-state index in [4.69, 9.17) is 5.26 Å². The van der Waals surface area contributed by atoms with Gasteiger partial charge in [0, 0.05) is 17.2 Å². The molecule has 84 valence electrons. The summed E-state index contributed by atoms with van der Waals surface area (Å²) in [6, 6.07) is 6.44. The Morgan fingerprint density at radius 2 is 2.38 bits per heavy atom. The summed E-state index contributed by atoms with van der Waals surface area (Å²) in [5, 5.41) is 9.06. The fraction of sp³-hybridized carbons (Fsp3) is 0.500. The molecule has 1 saturated heterocycles. The summed E-state index contributed by atoms with van der Waals surface area (Å²) in [6.45, 7) is 1.79. The van der Waals surface area contributed by atoms with Crippen molar-refractivity contribution in [3.05, 3.63) is 28.5 Å². The molecule has 2 heterocycles. The number of piperidine rings is 1. The maximum Gasteiger partial charge on any atom is 0.0981 e. The van der Waals surface area contributed by atoms with Gasteiger partial charge in [0.25, 0.3) is 0 Å². The summed E-state index contributed by atoms with van der Waals surface area (Å²) >= 11 is 3.37. The van der Waals surface area contributed by atoms with Crippen LogP contribution in [0.5, 0.6) is 0 Å². The van der Waals surface area contributed by atoms with Gasteiger partial charge in [0.05, 0.1) is 17.8 Å². The van der Waals surface area contributed by atoms with Crippen LogP contribution in [0.2, 0.25) is 0 Å². The molecule has 1 aromatic heterocycles. The quantitative estimate of drug-likeness (QED) is 0.836. The standard InChI is InChI=1S/C12H14BrN3/c13-10-4-5-11(15-8-10)9-16-6-2-1-3-12(16)7-14/h4-5,8,12H,1-3,6,9H2. The normalized spacial score (nSPS) is 21.6. The van der Waals surface area contributed by atoms with E-state index in [1.54, 1.807) is 6.20 Å². The van der Waals surface area contributed by atoms with Gasteiger partial charge in [-0.25, -0.2) is 0 Å². The van der Waals surface area contributed by atoms with Crippen molar-refractivity contribution in [1.29, 1.82) is 5.26 Å². The van der Waals surface area contributed by atoms with E-state index in [1.807, 2.05) is 12.1 Å². The Balaban J connectivity index is 2.02. The van der Waals surface area contributed by atoms with Crippen molar-refractivity contribution in [3.63, 3.8) is 0 Å². The zero-order valence-electron chi connectivity index (χ0n) is 9.06. The minimum absolute atomic E-state index is 0.0687. The first-order valence-corrected chi connectivity index (χ1v) is 6.33. The zero-order chi connectivity index (χ0) is 11.4. The Morgan fingerprint density at radius 3 is 3.06 bits per heavy atom. The third kappa shape index (κ3) is 2.81. The Morgan fingerprint density at radius 1 is 1.50 bits per heavy atom. The monoisotopic (exact) mass is 279 g/mol. The van der Waals surface area contributed by atoms with Crippen LogP contribution in [-0.2, 0) is 6.54 Å². The van der Waals surface area contributed by atoms with Crippen molar-refractivity contribution in [2.24, 2.45) is 0 Å². The SMILES string of the molecule is N#CC1CCCCN1Cc1ccc(Br)cn1. The summed E-state index contributed by atoms with van der Waals surface area (Å²) in [7, 11) is 0. The molecule has 0 spiro atoms. The van der Waals surface area contributed by atoms with Gasteiger partial charge in [-0.2, -0.15) is 5.26 Å². The van der Waals surface area contributed by atoms with Gasteiger partial charge in [0.2, 0.25) is 0 Å². The second kappa shape index (κ2) is 5.42. The summed E-state index contributed by atoms with van der Waals surface area (Å²) < 4.78 is 0.992. The molecule has 0 N–H and O–H groups in total. The van der Waals surface area contributed by atoms with Crippen molar-refractivity contribution in [3.8, 4) is 6.07 Å². The number of rotatable bonds is 2. The number of likely N-dealkylation sites (tertiary alicyclic amines) is 1. The molecule has 0 amide bonds. The molecule has 0 radical (unpaired) electrons. The largest absolute Gasteiger partial charge is 0.282 e. The second-order valence-electron chi connectivity index (χ2n) is 4.08. The number of nitrogens with zero attached hydrogens (tertiary/aromatic N) is 3. The molecule has 0 saturated carbocycles. The zero-order valence-corrected chi connectivity index (χ0v) is 10.7. The highest BCUT2D eigenvalue weighted by molar-refractivity contribution is 9.10. The lowest BCUT2D eigenvalue weighted by atomic mass is 10.0. The van der Waals surface area contributed by atoms with E-state index in [0.717, 1.165) is 29.7 Å². The molecular formula is C12H14BrN3. The molecule has 1 unspecified atom stereocenters. The summed E-state index contributed by atoms with van der Waals surface area (Å²) in [5.41, 5.74) is 1.03. The molecule has 1 atom stereocenters. The number of nitriles is 1. The fourth-order valence-electron chi connectivity index (χ4n) is 2.03. The van der Waals surface area contributed by atoms with Gasteiger partial charge < -0.3 is 0 Å². The smallest absolute Gasteiger partial charge is 0.0981 e. The maximum atomic E-state index is 9.06. The van der Waals surface area contributed by atoms with E-state index in [0.29, 0.717) is 0 Å². The third-order valence-corrected chi connectivity index (χ3v) is 3.39. The van der Waals surface area contributed by atoms with Crippen LogP contribution < -0.4 is 0 Å². The first-order valence-electron chi connectivity index (χ1n) is 5.53. The van der Waals surface area contributed by atoms with Gasteiger partial charge in [-0.1, -0.05) is 0 Å². The molecule has 2 rings (SSSR count). The Hall–Kier alpha value is -0.920. The minimum Gasteiger partial charge on any atom is -0.282 e. The van der Waals surface area contributed by atoms with E-state index in [-0.39, 0.29) is 6.04 Å². The highest BCUT2D eigenvalue weighted by atomic mass is 79.9. The molecule has 4 heteroatoms. The van der Waals surface area contributed by atoms with Gasteiger partial charge in [-0.3, -0.25) is 9.88 Å². The van der Waals surface area contributed by atoms with Crippen LogP contribution in [0.4, 0.5) is 0 Å². The topological polar surface area (TPSA) is 39.9 Å². The number of halogens is 1. The highest BCUT2D eigenvalue weighted by Crippen LogP contribution is 2.18. The van der Waals surface area contributed by atoms with Crippen LogP contribution in [0.25, 0.3) is 0 Å². The van der Waals surface area contributed by atoms with Crippen LogP contribution in [0.1, 0.15) is 25.0 Å². The number of aromatic nitrogens is 1. The first-order chi connectivity index (χ1) is 7.79. The lowest BCUT2D eigenvalue weighted by Gasteiger charge is -2.30. The lowest BCUT2D eigenvalue weighted by Crippen LogP contribution is -2.38. The molecule has 1 aromatic rings. The molecule has 1 aliphatic rings. The first kappa shape index (κ1) is 11.6. The molecule has 0 aromatic carbocycles. The Labute approximate surface area is 104 Å². The fourth-order valence-corrected chi connectivity index (χ4v) is 2.27. The molecular weight excluding hydrogens is 266 g/mol. The predicted molar refractivity (Wildman–Crippen MR) is 65.6 cm³/mol. The van der Waals surface area contributed by atoms with Crippen LogP contribution in [-0.4, -0.2) is 22.5 Å².